The molecule has 3 aromatic rings. The first-order chi connectivity index (χ1) is 11.5. The van der Waals surface area contributed by atoms with E-state index in [1.807, 2.05) is 17.5 Å². The number of halogens is 1. The average Bonchev–Trinajstić information content (AvgIpc) is 3.19. The summed E-state index contributed by atoms with van der Waals surface area (Å²) < 4.78 is 15.6. The van der Waals surface area contributed by atoms with E-state index in [1.54, 1.807) is 23.6 Å². The molecule has 1 aromatic carbocycles. The molecule has 2 N–H and O–H groups in total. The second-order valence-corrected chi connectivity index (χ2v) is 6.61. The van der Waals surface area contributed by atoms with Gasteiger partial charge in [0.2, 0.25) is 5.91 Å². The number of aromatic nitrogens is 3. The van der Waals surface area contributed by atoms with E-state index in [0.717, 1.165) is 4.88 Å². The van der Waals surface area contributed by atoms with Gasteiger partial charge in [0.05, 0.1) is 4.88 Å². The zero-order valence-electron chi connectivity index (χ0n) is 12.9. The maximum atomic E-state index is 13.5. The summed E-state index contributed by atoms with van der Waals surface area (Å²) in [6.45, 7) is 2.01. The first-order valence-corrected chi connectivity index (χ1v) is 8.54. The van der Waals surface area contributed by atoms with E-state index in [1.165, 1.54) is 17.4 Å². The van der Waals surface area contributed by atoms with E-state index < -0.39 is 0 Å². The number of rotatable bonds is 5. The standard InChI is InChI=1S/C16H15FN4OS2/c1-10-4-5-11(7-12(10)17)8-18-14(22)9-21-15(19-20-16(21)23)13-3-2-6-24-13/h2-7H,8-9H2,1H3,(H,18,22)(H,20,23). The van der Waals surface area contributed by atoms with Crippen LogP contribution in [0.3, 0.4) is 0 Å². The topological polar surface area (TPSA) is 62.7 Å². The molecule has 0 spiro atoms. The maximum absolute atomic E-state index is 13.5. The molecule has 0 aliphatic carbocycles. The van der Waals surface area contributed by atoms with Gasteiger partial charge in [-0.1, -0.05) is 18.2 Å². The molecule has 0 unspecified atom stereocenters. The Labute approximate surface area is 147 Å². The van der Waals surface area contributed by atoms with Gasteiger partial charge < -0.3 is 5.32 Å². The van der Waals surface area contributed by atoms with Crippen molar-refractivity contribution < 1.29 is 9.18 Å². The lowest BCUT2D eigenvalue weighted by Gasteiger charge is -2.08. The number of nitrogens with one attached hydrogen (secondary N) is 2. The third-order valence-corrected chi connectivity index (χ3v) is 4.70. The third-order valence-electron chi connectivity index (χ3n) is 3.53. The summed E-state index contributed by atoms with van der Waals surface area (Å²) in [4.78, 5) is 13.1. The number of aryl methyl sites for hydroxylation is 1. The zero-order chi connectivity index (χ0) is 17.1. The van der Waals surface area contributed by atoms with Crippen LogP contribution in [0.25, 0.3) is 10.7 Å². The van der Waals surface area contributed by atoms with Crippen LogP contribution in [0.2, 0.25) is 0 Å². The highest BCUT2D eigenvalue weighted by molar-refractivity contribution is 7.71. The van der Waals surface area contributed by atoms with E-state index in [4.69, 9.17) is 12.2 Å². The highest BCUT2D eigenvalue weighted by atomic mass is 32.1. The number of thiophene rings is 1. The minimum atomic E-state index is -0.279. The van der Waals surface area contributed by atoms with E-state index in [-0.39, 0.29) is 24.8 Å². The fraction of sp³-hybridized carbons (Fsp3) is 0.188. The Morgan fingerprint density at radius 1 is 1.46 bits per heavy atom. The Hall–Kier alpha value is -2.32. The Morgan fingerprint density at radius 3 is 3.00 bits per heavy atom. The van der Waals surface area contributed by atoms with Gasteiger partial charge in [-0.25, -0.2) is 4.39 Å². The largest absolute Gasteiger partial charge is 0.350 e. The Bertz CT molecular complexity index is 915. The Balaban J connectivity index is 1.68. The molecule has 0 fully saturated rings. The van der Waals surface area contributed by atoms with Gasteiger partial charge in [0.1, 0.15) is 12.4 Å². The summed E-state index contributed by atoms with van der Waals surface area (Å²) in [7, 11) is 0. The van der Waals surface area contributed by atoms with Crippen LogP contribution >= 0.6 is 23.6 Å². The molecular formula is C16H15FN4OS2. The number of carbonyl (C=O) groups is 1. The lowest BCUT2D eigenvalue weighted by Crippen LogP contribution is -2.27. The number of hydrogen-bond acceptors (Lipinski definition) is 4. The maximum Gasteiger partial charge on any atom is 0.240 e. The summed E-state index contributed by atoms with van der Waals surface area (Å²) >= 11 is 6.71. The van der Waals surface area contributed by atoms with Crippen LogP contribution in [0.15, 0.2) is 35.7 Å². The predicted octanol–water partition coefficient (Wildman–Crippen LogP) is 3.43. The molecule has 2 heterocycles. The van der Waals surface area contributed by atoms with Crippen LogP contribution in [0.4, 0.5) is 4.39 Å². The van der Waals surface area contributed by atoms with Crippen molar-refractivity contribution in [2.75, 3.05) is 0 Å². The molecule has 24 heavy (non-hydrogen) atoms. The van der Waals surface area contributed by atoms with Crippen molar-refractivity contribution in [3.8, 4) is 10.7 Å². The van der Waals surface area contributed by atoms with Crippen molar-refractivity contribution in [1.29, 1.82) is 0 Å². The first-order valence-electron chi connectivity index (χ1n) is 7.25. The van der Waals surface area contributed by atoms with Gasteiger partial charge >= 0.3 is 0 Å². The smallest absolute Gasteiger partial charge is 0.240 e. The minimum absolute atomic E-state index is 0.0525. The first kappa shape index (κ1) is 16.5. The quantitative estimate of drug-likeness (QED) is 0.684. The monoisotopic (exact) mass is 362 g/mol. The van der Waals surface area contributed by atoms with Crippen LogP contribution in [0.5, 0.6) is 0 Å². The van der Waals surface area contributed by atoms with Gasteiger partial charge in [0, 0.05) is 6.54 Å². The molecule has 3 rings (SSSR count). The van der Waals surface area contributed by atoms with Crippen molar-refractivity contribution in [3.05, 3.63) is 57.4 Å². The van der Waals surface area contributed by atoms with E-state index >= 15 is 0 Å². The summed E-state index contributed by atoms with van der Waals surface area (Å²) in [6, 6.07) is 8.74. The molecule has 0 bridgehead atoms. The molecule has 0 atom stereocenters. The summed E-state index contributed by atoms with van der Waals surface area (Å²) in [6.07, 6.45) is 0. The van der Waals surface area contributed by atoms with Gasteiger partial charge in [-0.3, -0.25) is 14.5 Å². The number of amides is 1. The molecule has 1 amide bonds. The number of hydrogen-bond donors (Lipinski definition) is 2. The predicted molar refractivity (Wildman–Crippen MR) is 93.7 cm³/mol. The Morgan fingerprint density at radius 2 is 2.29 bits per heavy atom. The van der Waals surface area contributed by atoms with Crippen LogP contribution in [-0.2, 0) is 17.9 Å². The molecule has 2 aromatic heterocycles. The third kappa shape index (κ3) is 3.60. The lowest BCUT2D eigenvalue weighted by molar-refractivity contribution is -0.121. The fourth-order valence-electron chi connectivity index (χ4n) is 2.20. The zero-order valence-corrected chi connectivity index (χ0v) is 14.5. The van der Waals surface area contributed by atoms with Gasteiger partial charge in [-0.2, -0.15) is 5.10 Å². The fourth-order valence-corrected chi connectivity index (χ4v) is 3.12. The van der Waals surface area contributed by atoms with Gasteiger partial charge in [-0.05, 0) is 47.8 Å². The van der Waals surface area contributed by atoms with E-state index in [9.17, 15) is 9.18 Å². The van der Waals surface area contributed by atoms with E-state index in [2.05, 4.69) is 15.5 Å². The molecular weight excluding hydrogens is 347 g/mol. The number of aromatic amines is 1. The minimum Gasteiger partial charge on any atom is -0.350 e. The van der Waals surface area contributed by atoms with E-state index in [0.29, 0.717) is 21.7 Å². The average molecular weight is 362 g/mol. The molecule has 124 valence electrons. The molecule has 0 radical (unpaired) electrons. The number of nitrogens with zero attached hydrogens (tertiary/aromatic N) is 2. The van der Waals surface area contributed by atoms with Gasteiger partial charge in [-0.15, -0.1) is 11.3 Å². The van der Waals surface area contributed by atoms with Crippen LogP contribution in [0, 0.1) is 17.5 Å². The molecule has 0 saturated carbocycles. The second kappa shape index (κ2) is 7.06. The molecule has 0 saturated heterocycles. The second-order valence-electron chi connectivity index (χ2n) is 5.28. The SMILES string of the molecule is Cc1ccc(CNC(=O)Cn2c(-c3cccs3)n[nH]c2=S)cc1F. The number of H-pyrrole nitrogens is 1. The van der Waals surface area contributed by atoms with Crippen molar-refractivity contribution >= 4 is 29.5 Å². The molecule has 8 heteroatoms. The van der Waals surface area contributed by atoms with Crippen LogP contribution < -0.4 is 5.32 Å². The van der Waals surface area contributed by atoms with Crippen molar-refractivity contribution in [2.24, 2.45) is 0 Å². The van der Waals surface area contributed by atoms with Gasteiger partial charge in [0.15, 0.2) is 10.6 Å². The van der Waals surface area contributed by atoms with Crippen LogP contribution in [0.1, 0.15) is 11.1 Å². The van der Waals surface area contributed by atoms with Crippen LogP contribution in [-0.4, -0.2) is 20.7 Å². The van der Waals surface area contributed by atoms with Crippen molar-refractivity contribution in [3.63, 3.8) is 0 Å². The molecule has 0 aliphatic heterocycles. The highest BCUT2D eigenvalue weighted by Gasteiger charge is 2.13. The summed E-state index contributed by atoms with van der Waals surface area (Å²) in [5, 5.41) is 11.6. The highest BCUT2D eigenvalue weighted by Crippen LogP contribution is 2.22. The normalized spacial score (nSPS) is 10.8. The van der Waals surface area contributed by atoms with Crippen molar-refractivity contribution in [1.82, 2.24) is 20.1 Å². The van der Waals surface area contributed by atoms with Gasteiger partial charge in [0.25, 0.3) is 0 Å². The molecule has 0 aliphatic rings. The molecule has 5 nitrogen and oxygen atoms in total. The summed E-state index contributed by atoms with van der Waals surface area (Å²) in [5.41, 5.74) is 1.29. The lowest BCUT2D eigenvalue weighted by atomic mass is 10.1. The number of benzene rings is 1. The van der Waals surface area contributed by atoms with Crippen molar-refractivity contribution in [2.45, 2.75) is 20.0 Å². The number of carbonyl (C=O) groups excluding carboxylic acids is 1. The Kier molecular flexibility index (Phi) is 4.86. The summed E-state index contributed by atoms with van der Waals surface area (Å²) in [5.74, 6) is 0.136.